The lowest BCUT2D eigenvalue weighted by Gasteiger charge is -2.05. The fraction of sp³-hybridized carbons (Fsp3) is 0.333. The largest absolute Gasteiger partial charge is 0.479 e. The van der Waals surface area contributed by atoms with Gasteiger partial charge >= 0.3 is 5.97 Å². The molecule has 1 rings (SSSR count). The topological polar surface area (TPSA) is 99.8 Å². The third-order valence-corrected chi connectivity index (χ3v) is 1.73. The lowest BCUT2D eigenvalue weighted by atomic mass is 10.3. The molecule has 15 heavy (non-hydrogen) atoms. The van der Waals surface area contributed by atoms with Crippen molar-refractivity contribution in [2.24, 2.45) is 0 Å². The highest BCUT2D eigenvalue weighted by Crippen LogP contribution is 2.05. The average Bonchev–Trinajstić information content (AvgIpc) is 2.60. The number of carbonyl (C=O) groups excluding carboxylic acids is 1. The summed E-state index contributed by atoms with van der Waals surface area (Å²) in [5.41, 5.74) is 0.296. The minimum Gasteiger partial charge on any atom is -0.479 e. The molecular weight excluding hydrogens is 202 g/mol. The number of aliphatic hydroxyl groups is 1. The molecule has 82 valence electrons. The van der Waals surface area contributed by atoms with Crippen LogP contribution in [0, 0.1) is 6.92 Å². The van der Waals surface area contributed by atoms with Crippen LogP contribution in [0.25, 0.3) is 0 Å². The van der Waals surface area contributed by atoms with E-state index in [1.165, 1.54) is 12.3 Å². The van der Waals surface area contributed by atoms with Crippen molar-refractivity contribution in [2.45, 2.75) is 13.0 Å². The van der Waals surface area contributed by atoms with E-state index in [-0.39, 0.29) is 6.54 Å². The number of hydrogen-bond acceptors (Lipinski definition) is 4. The maximum absolute atomic E-state index is 11.3. The van der Waals surface area contributed by atoms with E-state index in [1.54, 1.807) is 6.92 Å². The fourth-order valence-corrected chi connectivity index (χ4v) is 0.941. The number of aliphatic carboxylic acids is 1. The second-order valence-electron chi connectivity index (χ2n) is 3.01. The van der Waals surface area contributed by atoms with Gasteiger partial charge in [-0.2, -0.15) is 0 Å². The van der Waals surface area contributed by atoms with Crippen LogP contribution in [0.4, 0.5) is 0 Å². The van der Waals surface area contributed by atoms with Crippen molar-refractivity contribution in [1.82, 2.24) is 5.32 Å². The number of furan rings is 1. The number of amides is 1. The number of rotatable bonds is 4. The van der Waals surface area contributed by atoms with Gasteiger partial charge in [0.25, 0.3) is 5.91 Å². The number of carbonyl (C=O) groups is 2. The summed E-state index contributed by atoms with van der Waals surface area (Å²) in [7, 11) is 0. The maximum atomic E-state index is 11.3. The van der Waals surface area contributed by atoms with Gasteiger partial charge in [-0.15, -0.1) is 0 Å². The summed E-state index contributed by atoms with van der Waals surface area (Å²) in [5, 5.41) is 19.5. The molecule has 0 unspecified atom stereocenters. The van der Waals surface area contributed by atoms with E-state index in [0.29, 0.717) is 11.3 Å². The van der Waals surface area contributed by atoms with Gasteiger partial charge in [-0.25, -0.2) is 4.79 Å². The monoisotopic (exact) mass is 213 g/mol. The van der Waals surface area contributed by atoms with Crippen LogP contribution >= 0.6 is 0 Å². The highest BCUT2D eigenvalue weighted by molar-refractivity contribution is 5.94. The van der Waals surface area contributed by atoms with Crippen LogP contribution in [0.5, 0.6) is 0 Å². The molecule has 1 aromatic rings. The molecule has 0 saturated carbocycles. The minimum absolute atomic E-state index is 0.296. The molecule has 3 N–H and O–H groups in total. The number of aliphatic hydroxyl groups excluding tert-OH is 1. The van der Waals surface area contributed by atoms with Gasteiger partial charge in [0.2, 0.25) is 0 Å². The summed E-state index contributed by atoms with van der Waals surface area (Å²) in [4.78, 5) is 21.5. The lowest BCUT2D eigenvalue weighted by molar-refractivity contribution is -0.146. The van der Waals surface area contributed by atoms with Crippen LogP contribution in [0.2, 0.25) is 0 Å². The van der Waals surface area contributed by atoms with Crippen molar-refractivity contribution in [3.05, 3.63) is 23.7 Å². The van der Waals surface area contributed by atoms with Crippen LogP contribution in [-0.4, -0.2) is 34.7 Å². The smallest absolute Gasteiger partial charge is 0.334 e. The summed E-state index contributed by atoms with van der Waals surface area (Å²) in [5.74, 6) is -1.27. The van der Waals surface area contributed by atoms with Crippen molar-refractivity contribution >= 4 is 11.9 Å². The molecule has 1 heterocycles. The predicted octanol–water partition coefficient (Wildman–Crippen LogP) is -0.237. The summed E-state index contributed by atoms with van der Waals surface area (Å²) in [6.07, 6.45) is -0.334. The summed E-state index contributed by atoms with van der Waals surface area (Å²) < 4.78 is 4.90. The summed E-state index contributed by atoms with van der Waals surface area (Å²) in [6, 6.07) is 1.52. The van der Waals surface area contributed by atoms with Crippen LogP contribution in [0.15, 0.2) is 16.7 Å². The minimum atomic E-state index is -1.60. The van der Waals surface area contributed by atoms with Gasteiger partial charge < -0.3 is 19.9 Å². The Bertz CT molecular complexity index is 370. The summed E-state index contributed by atoms with van der Waals surface area (Å²) in [6.45, 7) is 1.35. The number of carboxylic acids is 1. The summed E-state index contributed by atoms with van der Waals surface area (Å²) >= 11 is 0. The number of aryl methyl sites for hydroxylation is 1. The van der Waals surface area contributed by atoms with E-state index in [1.807, 2.05) is 0 Å². The van der Waals surface area contributed by atoms with Gasteiger partial charge in [0.15, 0.2) is 6.10 Å². The molecule has 0 aromatic carbocycles. The Hall–Kier alpha value is -1.82. The predicted molar refractivity (Wildman–Crippen MR) is 49.4 cm³/mol. The van der Waals surface area contributed by atoms with E-state index < -0.39 is 18.0 Å². The van der Waals surface area contributed by atoms with Crippen LogP contribution in [0.3, 0.4) is 0 Å². The van der Waals surface area contributed by atoms with Crippen molar-refractivity contribution in [3.8, 4) is 0 Å². The molecule has 1 aromatic heterocycles. The van der Waals surface area contributed by atoms with Crippen molar-refractivity contribution in [2.75, 3.05) is 6.54 Å². The Morgan fingerprint density at radius 1 is 1.60 bits per heavy atom. The van der Waals surface area contributed by atoms with E-state index in [4.69, 9.17) is 14.6 Å². The molecule has 0 radical (unpaired) electrons. The normalized spacial score (nSPS) is 12.1. The third-order valence-electron chi connectivity index (χ3n) is 1.73. The zero-order chi connectivity index (χ0) is 11.4. The SMILES string of the molecule is Cc1cc(C(=O)NC[C@H](O)C(=O)O)co1. The lowest BCUT2D eigenvalue weighted by Crippen LogP contribution is -2.36. The standard InChI is InChI=1S/C9H11NO5/c1-5-2-6(4-15-5)8(12)10-3-7(11)9(13)14/h2,4,7,11H,3H2,1H3,(H,10,12)(H,13,14)/t7-/m0/s1. The molecule has 6 heteroatoms. The second-order valence-corrected chi connectivity index (χ2v) is 3.01. The number of nitrogens with one attached hydrogen (secondary N) is 1. The average molecular weight is 213 g/mol. The van der Waals surface area contributed by atoms with E-state index in [2.05, 4.69) is 5.32 Å². The zero-order valence-electron chi connectivity index (χ0n) is 8.06. The van der Waals surface area contributed by atoms with Crippen molar-refractivity contribution in [1.29, 1.82) is 0 Å². The molecule has 0 bridgehead atoms. The highest BCUT2D eigenvalue weighted by atomic mass is 16.4. The van der Waals surface area contributed by atoms with E-state index in [9.17, 15) is 9.59 Å². The van der Waals surface area contributed by atoms with Gasteiger partial charge in [-0.3, -0.25) is 4.79 Å². The molecule has 1 amide bonds. The number of hydrogen-bond donors (Lipinski definition) is 3. The first-order valence-corrected chi connectivity index (χ1v) is 4.25. The van der Waals surface area contributed by atoms with E-state index in [0.717, 1.165) is 0 Å². The first-order chi connectivity index (χ1) is 7.00. The highest BCUT2D eigenvalue weighted by Gasteiger charge is 2.15. The molecule has 0 aliphatic heterocycles. The van der Waals surface area contributed by atoms with Crippen molar-refractivity contribution < 1.29 is 24.2 Å². The second kappa shape index (κ2) is 4.61. The molecule has 0 saturated heterocycles. The Morgan fingerprint density at radius 3 is 2.73 bits per heavy atom. The van der Waals surface area contributed by atoms with Gasteiger partial charge in [0, 0.05) is 0 Å². The molecule has 0 aliphatic carbocycles. The fourth-order valence-electron chi connectivity index (χ4n) is 0.941. The first-order valence-electron chi connectivity index (χ1n) is 4.25. The Kier molecular flexibility index (Phi) is 3.46. The van der Waals surface area contributed by atoms with Gasteiger partial charge in [0.1, 0.15) is 12.0 Å². The molecular formula is C9H11NO5. The number of carboxylic acid groups (broad SMARTS) is 1. The molecule has 1 atom stereocenters. The van der Waals surface area contributed by atoms with Crippen LogP contribution in [-0.2, 0) is 4.79 Å². The third kappa shape index (κ3) is 3.10. The molecule has 0 aliphatic rings. The Balaban J connectivity index is 2.47. The molecule has 0 spiro atoms. The Morgan fingerprint density at radius 2 is 2.27 bits per heavy atom. The van der Waals surface area contributed by atoms with Gasteiger partial charge in [0.05, 0.1) is 12.1 Å². The van der Waals surface area contributed by atoms with Crippen molar-refractivity contribution in [3.63, 3.8) is 0 Å². The maximum Gasteiger partial charge on any atom is 0.334 e. The van der Waals surface area contributed by atoms with Gasteiger partial charge in [-0.1, -0.05) is 0 Å². The van der Waals surface area contributed by atoms with Gasteiger partial charge in [-0.05, 0) is 13.0 Å². The zero-order valence-corrected chi connectivity index (χ0v) is 8.06. The molecule has 6 nitrogen and oxygen atoms in total. The van der Waals surface area contributed by atoms with E-state index >= 15 is 0 Å². The Labute approximate surface area is 85.5 Å². The first kappa shape index (κ1) is 11.3. The quantitative estimate of drug-likeness (QED) is 0.641. The van der Waals surface area contributed by atoms with Crippen LogP contribution in [0.1, 0.15) is 16.1 Å². The molecule has 0 fully saturated rings. The van der Waals surface area contributed by atoms with Crippen LogP contribution < -0.4 is 5.32 Å².